The number of amides is 3. The monoisotopic (exact) mass is 471 g/mol. The zero-order valence-corrected chi connectivity index (χ0v) is 18.3. The van der Waals surface area contributed by atoms with Crippen LogP contribution in [-0.4, -0.2) is 40.4 Å². The molecule has 0 bridgehead atoms. The smallest absolute Gasteiger partial charge is 0.322 e. The first kappa shape index (κ1) is 20.5. The second kappa shape index (κ2) is 8.64. The number of aromatic nitrogens is 2. The molecule has 1 aromatic heterocycles. The van der Waals surface area contributed by atoms with E-state index in [0.29, 0.717) is 39.4 Å². The van der Waals surface area contributed by atoms with E-state index in [1.165, 1.54) is 11.3 Å². The minimum atomic E-state index is -0.374. The summed E-state index contributed by atoms with van der Waals surface area (Å²) in [7, 11) is 0. The van der Waals surface area contributed by atoms with Crippen molar-refractivity contribution < 1.29 is 19.1 Å². The van der Waals surface area contributed by atoms with Crippen molar-refractivity contribution in [1.82, 2.24) is 15.1 Å². The molecule has 3 amide bonds. The molecule has 32 heavy (non-hydrogen) atoms. The van der Waals surface area contributed by atoms with Gasteiger partial charge in [-0.15, -0.1) is 10.2 Å². The summed E-state index contributed by atoms with van der Waals surface area (Å²) in [5, 5.41) is 15.3. The second-order valence-corrected chi connectivity index (χ2v) is 8.71. The van der Waals surface area contributed by atoms with E-state index < -0.39 is 0 Å². The van der Waals surface area contributed by atoms with E-state index >= 15 is 0 Å². The fourth-order valence-corrected chi connectivity index (χ4v) is 4.72. The average Bonchev–Trinajstić information content (AvgIpc) is 3.52. The molecule has 11 heteroatoms. The number of rotatable bonds is 4. The lowest BCUT2D eigenvalue weighted by Gasteiger charge is -2.23. The lowest BCUT2D eigenvalue weighted by Crippen LogP contribution is -2.34. The number of nitrogens with zero attached hydrogens (tertiary/aromatic N) is 3. The van der Waals surface area contributed by atoms with Crippen molar-refractivity contribution >= 4 is 46.3 Å². The molecule has 2 aliphatic heterocycles. The van der Waals surface area contributed by atoms with Crippen LogP contribution in [0.5, 0.6) is 11.5 Å². The zero-order valence-electron chi connectivity index (χ0n) is 16.7. The third kappa shape index (κ3) is 4.19. The number of carbonyl (C=O) groups is 2. The number of urea groups is 1. The Morgan fingerprint density at radius 3 is 2.78 bits per heavy atom. The number of hydrogen-bond donors (Lipinski definition) is 2. The van der Waals surface area contributed by atoms with Gasteiger partial charge in [-0.25, -0.2) is 4.79 Å². The van der Waals surface area contributed by atoms with Crippen molar-refractivity contribution in [3.05, 3.63) is 57.5 Å². The molecule has 0 aliphatic carbocycles. The van der Waals surface area contributed by atoms with E-state index in [1.807, 2.05) is 0 Å². The van der Waals surface area contributed by atoms with Crippen LogP contribution >= 0.6 is 22.9 Å². The van der Waals surface area contributed by atoms with Crippen LogP contribution in [0.1, 0.15) is 33.7 Å². The van der Waals surface area contributed by atoms with Crippen LogP contribution in [0.3, 0.4) is 0 Å². The molecule has 3 aromatic rings. The van der Waals surface area contributed by atoms with Gasteiger partial charge in [0.2, 0.25) is 11.8 Å². The largest absolute Gasteiger partial charge is 0.454 e. The lowest BCUT2D eigenvalue weighted by atomic mass is 10.2. The molecule has 1 atom stereocenters. The molecule has 1 saturated heterocycles. The molecular formula is C21H18ClN5O4S. The fraction of sp³-hybridized carbons (Fsp3) is 0.238. The average molecular weight is 472 g/mol. The van der Waals surface area contributed by atoms with Crippen molar-refractivity contribution in [2.45, 2.75) is 18.9 Å². The Morgan fingerprint density at radius 1 is 1.06 bits per heavy atom. The first-order chi connectivity index (χ1) is 15.6. The van der Waals surface area contributed by atoms with Gasteiger partial charge in [-0.05, 0) is 43.2 Å². The Hall–Kier alpha value is -3.37. The number of benzene rings is 2. The summed E-state index contributed by atoms with van der Waals surface area (Å²) in [4.78, 5) is 27.2. The minimum Gasteiger partial charge on any atom is -0.454 e. The molecule has 2 aromatic carbocycles. The Kier molecular flexibility index (Phi) is 5.54. The maximum atomic E-state index is 12.8. The van der Waals surface area contributed by atoms with E-state index in [4.69, 9.17) is 21.1 Å². The van der Waals surface area contributed by atoms with Gasteiger partial charge in [0.25, 0.3) is 5.91 Å². The molecule has 164 valence electrons. The summed E-state index contributed by atoms with van der Waals surface area (Å²) in [5.74, 6) is 0.840. The quantitative estimate of drug-likeness (QED) is 0.578. The highest BCUT2D eigenvalue weighted by atomic mass is 35.5. The number of fused-ring (bicyclic) bond motifs is 1. The van der Waals surface area contributed by atoms with Gasteiger partial charge in [-0.3, -0.25) is 4.79 Å². The highest BCUT2D eigenvalue weighted by Gasteiger charge is 2.33. The van der Waals surface area contributed by atoms with Crippen LogP contribution in [0.15, 0.2) is 42.5 Å². The summed E-state index contributed by atoms with van der Waals surface area (Å²) in [6, 6.07) is 11.7. The van der Waals surface area contributed by atoms with Crippen molar-refractivity contribution in [1.29, 1.82) is 0 Å². The van der Waals surface area contributed by atoms with Crippen molar-refractivity contribution in [3.63, 3.8) is 0 Å². The van der Waals surface area contributed by atoms with Crippen LogP contribution in [0.4, 0.5) is 16.2 Å². The third-order valence-electron chi connectivity index (χ3n) is 5.14. The predicted octanol–water partition coefficient (Wildman–Crippen LogP) is 4.54. The standard InChI is InChI=1S/C21H18ClN5O4S/c22-12-3-1-4-13(9-12)24-21(29)27-8-2-5-15(27)19-25-26-20(32-19)18(28)23-14-6-7-16-17(10-14)31-11-30-16/h1,3-4,6-7,9-10,15H,2,5,8,11H2,(H,23,28)(H,24,29)/t15-/m1/s1. The number of nitrogens with one attached hydrogen (secondary N) is 2. The van der Waals surface area contributed by atoms with E-state index in [9.17, 15) is 9.59 Å². The van der Waals surface area contributed by atoms with Gasteiger partial charge in [0.05, 0.1) is 6.04 Å². The molecule has 0 spiro atoms. The van der Waals surface area contributed by atoms with Crippen LogP contribution in [-0.2, 0) is 0 Å². The Bertz CT molecular complexity index is 1190. The topological polar surface area (TPSA) is 106 Å². The molecule has 0 radical (unpaired) electrons. The van der Waals surface area contributed by atoms with Gasteiger partial charge in [0.1, 0.15) is 5.01 Å². The zero-order chi connectivity index (χ0) is 22.1. The number of likely N-dealkylation sites (tertiary alicyclic amines) is 1. The number of halogens is 1. The van der Waals surface area contributed by atoms with Gasteiger partial charge in [0, 0.05) is 29.0 Å². The summed E-state index contributed by atoms with van der Waals surface area (Å²) in [5.41, 5.74) is 1.19. The molecule has 2 N–H and O–H groups in total. The Labute approximate surface area is 192 Å². The molecule has 1 fully saturated rings. The minimum absolute atomic E-state index is 0.162. The number of anilines is 2. The number of carbonyl (C=O) groups excluding carboxylic acids is 2. The molecule has 3 heterocycles. The van der Waals surface area contributed by atoms with Crippen molar-refractivity contribution in [3.8, 4) is 11.5 Å². The second-order valence-electron chi connectivity index (χ2n) is 7.26. The normalized spacial score (nSPS) is 16.8. The van der Waals surface area contributed by atoms with Crippen LogP contribution in [0.25, 0.3) is 0 Å². The molecule has 0 saturated carbocycles. The number of ether oxygens (including phenoxy) is 2. The molecule has 5 rings (SSSR count). The van der Waals surface area contributed by atoms with E-state index in [0.717, 1.165) is 12.8 Å². The summed E-state index contributed by atoms with van der Waals surface area (Å²) < 4.78 is 10.6. The van der Waals surface area contributed by atoms with E-state index in [-0.39, 0.29) is 29.8 Å². The van der Waals surface area contributed by atoms with E-state index in [1.54, 1.807) is 47.4 Å². The van der Waals surface area contributed by atoms with Crippen molar-refractivity contribution in [2.24, 2.45) is 0 Å². The first-order valence-electron chi connectivity index (χ1n) is 9.94. The molecule has 9 nitrogen and oxygen atoms in total. The first-order valence-corrected chi connectivity index (χ1v) is 11.1. The highest BCUT2D eigenvalue weighted by Crippen LogP contribution is 2.36. The maximum Gasteiger partial charge on any atom is 0.322 e. The van der Waals surface area contributed by atoms with Crippen LogP contribution in [0.2, 0.25) is 5.02 Å². The third-order valence-corrected chi connectivity index (χ3v) is 6.40. The Morgan fingerprint density at radius 2 is 1.91 bits per heavy atom. The van der Waals surface area contributed by atoms with Crippen LogP contribution < -0.4 is 20.1 Å². The maximum absolute atomic E-state index is 12.8. The van der Waals surface area contributed by atoms with Gasteiger partial charge in [-0.1, -0.05) is 29.0 Å². The fourth-order valence-electron chi connectivity index (χ4n) is 3.65. The Balaban J connectivity index is 1.26. The molecule has 0 unspecified atom stereocenters. The van der Waals surface area contributed by atoms with Gasteiger partial charge >= 0.3 is 6.03 Å². The van der Waals surface area contributed by atoms with Gasteiger partial charge in [0.15, 0.2) is 11.5 Å². The predicted molar refractivity (Wildman–Crippen MR) is 120 cm³/mol. The van der Waals surface area contributed by atoms with Gasteiger partial charge in [-0.2, -0.15) is 0 Å². The van der Waals surface area contributed by atoms with Gasteiger partial charge < -0.3 is 25.0 Å². The highest BCUT2D eigenvalue weighted by molar-refractivity contribution is 7.13. The molecular weight excluding hydrogens is 454 g/mol. The summed E-state index contributed by atoms with van der Waals surface area (Å²) in [6.45, 7) is 0.755. The van der Waals surface area contributed by atoms with E-state index in [2.05, 4.69) is 20.8 Å². The summed E-state index contributed by atoms with van der Waals surface area (Å²) in [6.07, 6.45) is 1.59. The number of hydrogen-bond acceptors (Lipinski definition) is 7. The lowest BCUT2D eigenvalue weighted by molar-refractivity contribution is 0.102. The SMILES string of the molecule is O=C(Nc1ccc2c(c1)OCO2)c1nnc([C@H]2CCCN2C(=O)Nc2cccc(Cl)c2)s1. The van der Waals surface area contributed by atoms with Crippen molar-refractivity contribution in [2.75, 3.05) is 24.0 Å². The molecule has 2 aliphatic rings. The summed E-state index contributed by atoms with van der Waals surface area (Å²) >= 11 is 7.18. The van der Waals surface area contributed by atoms with Crippen LogP contribution in [0, 0.1) is 0 Å².